The molecule has 3 aromatic heterocycles. The van der Waals surface area contributed by atoms with E-state index in [1.807, 2.05) is 48.5 Å². The molecular weight excluding hydrogens is 757 g/mol. The van der Waals surface area contributed by atoms with Crippen LogP contribution in [0.4, 0.5) is 0 Å². The monoisotopic (exact) mass is 790 g/mol. The first-order valence-corrected chi connectivity index (χ1v) is 20.9. The van der Waals surface area contributed by atoms with E-state index in [9.17, 15) is 0 Å². The summed E-state index contributed by atoms with van der Waals surface area (Å²) in [6.45, 7) is 0. The van der Waals surface area contributed by atoms with Crippen LogP contribution in [0, 0.1) is 0 Å². The van der Waals surface area contributed by atoms with Crippen molar-refractivity contribution in [3.63, 3.8) is 0 Å². The van der Waals surface area contributed by atoms with E-state index in [1.54, 1.807) is 0 Å². The van der Waals surface area contributed by atoms with Gasteiger partial charge in [0.1, 0.15) is 11.2 Å². The Morgan fingerprint density at radius 2 is 0.855 bits per heavy atom. The average molecular weight is 791 g/mol. The number of nitrogens with zero attached hydrogens (tertiary/aromatic N) is 4. The maximum atomic E-state index is 6.35. The number of furan rings is 1. The van der Waals surface area contributed by atoms with E-state index in [0.29, 0.717) is 17.5 Å². The van der Waals surface area contributed by atoms with Gasteiger partial charge in [-0.25, -0.2) is 15.0 Å². The third-order valence-electron chi connectivity index (χ3n) is 12.4. The fourth-order valence-corrected chi connectivity index (χ4v) is 9.66. The Morgan fingerprint density at radius 1 is 0.306 bits per heavy atom. The molecule has 13 rings (SSSR count). The van der Waals surface area contributed by atoms with Crippen LogP contribution < -0.4 is 0 Å². The van der Waals surface area contributed by atoms with Crippen molar-refractivity contribution >= 4 is 76.1 Å². The van der Waals surface area contributed by atoms with Gasteiger partial charge in [0.15, 0.2) is 17.5 Å². The first kappa shape index (κ1) is 34.5. The largest absolute Gasteiger partial charge is 0.456 e. The van der Waals surface area contributed by atoms with E-state index >= 15 is 0 Å². The standard InChI is InChI=1S/C57H34N4O/c1-3-16-35(17-4-1)37-30-31-49-46(32-37)42-23-11-13-27-48(42)61(49)50-34-38(33-47-41-22-8-7-20-39(41)40-21-9-10-24-43(40)53(47)50)56-58-55(36-18-5-2-6-19-36)59-57(60-56)45-26-15-29-52-54(45)44-25-12-14-28-51(44)62-52/h1-34H. The Hall–Kier alpha value is -8.41. The number of aromatic nitrogens is 4. The van der Waals surface area contributed by atoms with Gasteiger partial charge in [0.05, 0.1) is 16.7 Å². The molecule has 0 fully saturated rings. The average Bonchev–Trinajstić information content (AvgIpc) is 3.90. The molecule has 0 aliphatic carbocycles. The highest BCUT2D eigenvalue weighted by molar-refractivity contribution is 6.28. The lowest BCUT2D eigenvalue weighted by Gasteiger charge is -2.18. The van der Waals surface area contributed by atoms with Gasteiger partial charge in [-0.3, -0.25) is 0 Å². The molecule has 5 heteroatoms. The van der Waals surface area contributed by atoms with E-state index in [2.05, 4.69) is 162 Å². The Kier molecular flexibility index (Phi) is 7.54. The summed E-state index contributed by atoms with van der Waals surface area (Å²) in [5, 5.41) is 11.5. The van der Waals surface area contributed by atoms with Gasteiger partial charge in [-0.1, -0.05) is 164 Å². The molecule has 288 valence electrons. The number of benzene rings is 10. The van der Waals surface area contributed by atoms with E-state index < -0.39 is 0 Å². The first-order valence-electron chi connectivity index (χ1n) is 20.9. The summed E-state index contributed by atoms with van der Waals surface area (Å²) in [5.41, 5.74) is 10.0. The summed E-state index contributed by atoms with van der Waals surface area (Å²) >= 11 is 0. The van der Waals surface area contributed by atoms with E-state index in [4.69, 9.17) is 19.4 Å². The van der Waals surface area contributed by atoms with Crippen molar-refractivity contribution in [1.82, 2.24) is 19.5 Å². The van der Waals surface area contributed by atoms with E-state index in [-0.39, 0.29) is 0 Å². The predicted octanol–water partition coefficient (Wildman–Crippen LogP) is 15.0. The van der Waals surface area contributed by atoms with Crippen molar-refractivity contribution in [1.29, 1.82) is 0 Å². The van der Waals surface area contributed by atoms with Crippen molar-refractivity contribution in [2.24, 2.45) is 0 Å². The summed E-state index contributed by atoms with van der Waals surface area (Å²) in [4.78, 5) is 15.9. The van der Waals surface area contributed by atoms with Crippen molar-refractivity contribution in [2.45, 2.75) is 0 Å². The predicted molar refractivity (Wildman–Crippen MR) is 256 cm³/mol. The Balaban J connectivity index is 1.16. The maximum Gasteiger partial charge on any atom is 0.164 e. The summed E-state index contributed by atoms with van der Waals surface area (Å²) in [5.74, 6) is 1.78. The van der Waals surface area contributed by atoms with Gasteiger partial charge in [0.2, 0.25) is 0 Å². The molecule has 10 aromatic carbocycles. The number of fused-ring (bicyclic) bond motifs is 12. The first-order chi connectivity index (χ1) is 30.7. The normalized spacial score (nSPS) is 11.9. The molecule has 0 radical (unpaired) electrons. The molecule has 0 aliphatic rings. The SMILES string of the molecule is c1ccc(-c2ccc3c(c2)c2ccccc2n3-c2cc(-c3nc(-c4ccccc4)nc(-c4cccc5oc6ccccc6c45)n3)cc3c4ccccc4c4ccccc4c23)cc1. The van der Waals surface area contributed by atoms with Crippen molar-refractivity contribution < 1.29 is 4.42 Å². The molecule has 0 bridgehead atoms. The minimum Gasteiger partial charge on any atom is -0.456 e. The molecule has 0 saturated carbocycles. The van der Waals surface area contributed by atoms with Crippen LogP contribution in [0.2, 0.25) is 0 Å². The molecule has 3 heterocycles. The van der Waals surface area contributed by atoms with Gasteiger partial charge in [-0.15, -0.1) is 0 Å². The zero-order chi connectivity index (χ0) is 40.7. The number of hydrogen-bond donors (Lipinski definition) is 0. The van der Waals surface area contributed by atoms with Gasteiger partial charge in [0, 0.05) is 43.6 Å². The second-order valence-electron chi connectivity index (χ2n) is 15.9. The topological polar surface area (TPSA) is 56.7 Å². The lowest BCUT2D eigenvalue weighted by Crippen LogP contribution is -2.02. The Bertz CT molecular complexity index is 3920. The van der Waals surface area contributed by atoms with Gasteiger partial charge >= 0.3 is 0 Å². The van der Waals surface area contributed by atoms with Crippen LogP contribution in [0.1, 0.15) is 0 Å². The minimum atomic E-state index is 0.585. The molecule has 62 heavy (non-hydrogen) atoms. The molecule has 0 amide bonds. The minimum absolute atomic E-state index is 0.585. The number of hydrogen-bond acceptors (Lipinski definition) is 4. The zero-order valence-corrected chi connectivity index (χ0v) is 33.3. The molecule has 0 unspecified atom stereocenters. The second-order valence-corrected chi connectivity index (χ2v) is 15.9. The summed E-state index contributed by atoms with van der Waals surface area (Å²) < 4.78 is 8.80. The lowest BCUT2D eigenvalue weighted by atomic mass is 9.91. The molecule has 0 aliphatic heterocycles. The van der Waals surface area contributed by atoms with Crippen molar-refractivity contribution in [3.05, 3.63) is 206 Å². The zero-order valence-electron chi connectivity index (χ0n) is 33.3. The van der Waals surface area contributed by atoms with Crippen LogP contribution in [-0.2, 0) is 0 Å². The smallest absolute Gasteiger partial charge is 0.164 e. The third-order valence-corrected chi connectivity index (χ3v) is 12.4. The van der Waals surface area contributed by atoms with Crippen LogP contribution in [0.5, 0.6) is 0 Å². The fourth-order valence-electron chi connectivity index (χ4n) is 9.66. The maximum absolute atomic E-state index is 6.35. The van der Waals surface area contributed by atoms with Gasteiger partial charge in [-0.05, 0) is 80.5 Å². The highest BCUT2D eigenvalue weighted by atomic mass is 16.3. The number of para-hydroxylation sites is 2. The van der Waals surface area contributed by atoms with Crippen molar-refractivity contribution in [3.8, 4) is 51.0 Å². The van der Waals surface area contributed by atoms with E-state index in [0.717, 1.165) is 60.7 Å². The van der Waals surface area contributed by atoms with E-state index in [1.165, 1.54) is 48.8 Å². The van der Waals surface area contributed by atoms with Gasteiger partial charge in [0.25, 0.3) is 0 Å². The summed E-state index contributed by atoms with van der Waals surface area (Å²) in [6, 6.07) is 72.9. The Labute approximate surface area is 355 Å². The molecule has 5 nitrogen and oxygen atoms in total. The molecule has 0 saturated heterocycles. The van der Waals surface area contributed by atoms with Crippen LogP contribution in [-0.4, -0.2) is 19.5 Å². The van der Waals surface area contributed by atoms with Gasteiger partial charge in [-0.2, -0.15) is 0 Å². The van der Waals surface area contributed by atoms with Crippen LogP contribution in [0.25, 0.3) is 127 Å². The molecule has 13 aromatic rings. The van der Waals surface area contributed by atoms with Crippen LogP contribution in [0.3, 0.4) is 0 Å². The summed E-state index contributed by atoms with van der Waals surface area (Å²) in [6.07, 6.45) is 0. The van der Waals surface area contributed by atoms with Crippen LogP contribution >= 0.6 is 0 Å². The highest BCUT2D eigenvalue weighted by Gasteiger charge is 2.22. The Morgan fingerprint density at radius 3 is 1.63 bits per heavy atom. The van der Waals surface area contributed by atoms with Gasteiger partial charge < -0.3 is 8.98 Å². The molecule has 0 spiro atoms. The lowest BCUT2D eigenvalue weighted by molar-refractivity contribution is 0.669. The quantitative estimate of drug-likeness (QED) is 0.163. The third kappa shape index (κ3) is 5.25. The fraction of sp³-hybridized carbons (Fsp3) is 0. The van der Waals surface area contributed by atoms with Crippen LogP contribution in [0.15, 0.2) is 211 Å². The molecule has 0 atom stereocenters. The second kappa shape index (κ2) is 13.6. The number of rotatable bonds is 5. The van der Waals surface area contributed by atoms with Crippen molar-refractivity contribution in [2.75, 3.05) is 0 Å². The highest BCUT2D eigenvalue weighted by Crippen LogP contribution is 2.44. The molecular formula is C57H34N4O. The molecule has 0 N–H and O–H groups in total. The summed E-state index contributed by atoms with van der Waals surface area (Å²) in [7, 11) is 0.